The van der Waals surface area contributed by atoms with Crippen LogP contribution in [0.2, 0.25) is 0 Å². The SMILES string of the molecule is CCCCCC[C@@H](C)CCC[C@@H](C)[C@@H]1CC[C@@H]([C@H]2CC[C@@H]([C@@H](O)CCCCCCCCCCCCC3=C[C@@H](C)OC3=O)O2)O1. The molecule has 3 rings (SSSR count). The van der Waals surface area contributed by atoms with Crippen molar-refractivity contribution in [2.75, 3.05) is 0 Å². The zero-order valence-electron chi connectivity index (χ0n) is 29.2. The van der Waals surface area contributed by atoms with Gasteiger partial charge in [0.15, 0.2) is 0 Å². The highest BCUT2D eigenvalue weighted by atomic mass is 16.6. The van der Waals surface area contributed by atoms with E-state index in [9.17, 15) is 9.90 Å². The normalized spacial score (nSPS) is 27.4. The number of rotatable bonds is 25. The number of ether oxygens (including phenoxy) is 3. The molecule has 0 aromatic carbocycles. The summed E-state index contributed by atoms with van der Waals surface area (Å²) >= 11 is 0. The van der Waals surface area contributed by atoms with Gasteiger partial charge in [-0.25, -0.2) is 4.79 Å². The van der Waals surface area contributed by atoms with Gasteiger partial charge in [0.05, 0.1) is 30.5 Å². The smallest absolute Gasteiger partial charge is 0.334 e. The summed E-state index contributed by atoms with van der Waals surface area (Å²) in [5.74, 6) is 1.38. The zero-order chi connectivity index (χ0) is 31.6. The van der Waals surface area contributed by atoms with Gasteiger partial charge in [-0.15, -0.1) is 0 Å². The van der Waals surface area contributed by atoms with E-state index in [-0.39, 0.29) is 36.5 Å². The number of aliphatic hydroxyl groups is 1. The Morgan fingerprint density at radius 2 is 1.25 bits per heavy atom. The highest BCUT2D eigenvalue weighted by molar-refractivity contribution is 5.90. The predicted octanol–water partition coefficient (Wildman–Crippen LogP) is 10.4. The van der Waals surface area contributed by atoms with Crippen molar-refractivity contribution < 1.29 is 24.1 Å². The fraction of sp³-hybridized carbons (Fsp3) is 0.923. The van der Waals surface area contributed by atoms with Crippen LogP contribution in [0.15, 0.2) is 11.6 Å². The summed E-state index contributed by atoms with van der Waals surface area (Å²) in [6.07, 6.45) is 31.6. The molecule has 0 spiro atoms. The number of unbranched alkanes of at least 4 members (excludes halogenated alkanes) is 12. The van der Waals surface area contributed by atoms with Crippen LogP contribution in [0.3, 0.4) is 0 Å². The number of cyclic esters (lactones) is 1. The number of esters is 1. The first kappa shape index (κ1) is 37.5. The second-order valence-electron chi connectivity index (χ2n) is 14.9. The molecule has 0 radical (unpaired) electrons. The van der Waals surface area contributed by atoms with Crippen LogP contribution in [0.4, 0.5) is 0 Å². The zero-order valence-corrected chi connectivity index (χ0v) is 29.2. The van der Waals surface area contributed by atoms with E-state index < -0.39 is 0 Å². The van der Waals surface area contributed by atoms with E-state index in [0.717, 1.165) is 56.4 Å². The molecule has 0 aromatic heterocycles. The first-order valence-electron chi connectivity index (χ1n) is 19.3. The lowest BCUT2D eigenvalue weighted by atomic mass is 9.91. The first-order valence-corrected chi connectivity index (χ1v) is 19.3. The Labute approximate surface area is 271 Å². The molecule has 1 N–H and O–H groups in total. The van der Waals surface area contributed by atoms with Crippen molar-refractivity contribution in [1.29, 1.82) is 0 Å². The molecule has 0 amide bonds. The van der Waals surface area contributed by atoms with Crippen LogP contribution in [0.25, 0.3) is 0 Å². The van der Waals surface area contributed by atoms with E-state index >= 15 is 0 Å². The fourth-order valence-electron chi connectivity index (χ4n) is 7.75. The van der Waals surface area contributed by atoms with Gasteiger partial charge >= 0.3 is 5.97 Å². The molecule has 2 saturated heterocycles. The average Bonchev–Trinajstić information content (AvgIpc) is 3.76. The summed E-state index contributed by atoms with van der Waals surface area (Å²) in [6.45, 7) is 9.04. The number of hydrogen-bond acceptors (Lipinski definition) is 5. The van der Waals surface area contributed by atoms with Crippen LogP contribution in [0.1, 0.15) is 182 Å². The van der Waals surface area contributed by atoms with Crippen LogP contribution in [-0.4, -0.2) is 47.7 Å². The highest BCUT2D eigenvalue weighted by Crippen LogP contribution is 2.36. The molecule has 5 heteroatoms. The first-order chi connectivity index (χ1) is 21.4. The van der Waals surface area contributed by atoms with E-state index in [1.54, 1.807) is 0 Å². The van der Waals surface area contributed by atoms with E-state index in [1.807, 2.05) is 13.0 Å². The van der Waals surface area contributed by atoms with Crippen molar-refractivity contribution in [3.05, 3.63) is 11.6 Å². The monoisotopic (exact) mass is 619 g/mol. The van der Waals surface area contributed by atoms with Gasteiger partial charge < -0.3 is 19.3 Å². The molecular weight excluding hydrogens is 548 g/mol. The summed E-state index contributed by atoms with van der Waals surface area (Å²) in [6, 6.07) is 0. The molecule has 0 saturated carbocycles. The third kappa shape index (κ3) is 14.2. The van der Waals surface area contributed by atoms with Crippen molar-refractivity contribution in [2.45, 2.75) is 218 Å². The number of carbonyl (C=O) groups excluding carboxylic acids is 1. The van der Waals surface area contributed by atoms with Crippen molar-refractivity contribution in [3.63, 3.8) is 0 Å². The van der Waals surface area contributed by atoms with Crippen molar-refractivity contribution in [2.24, 2.45) is 11.8 Å². The molecule has 3 aliphatic rings. The van der Waals surface area contributed by atoms with Gasteiger partial charge in [-0.05, 0) is 76.2 Å². The van der Waals surface area contributed by atoms with E-state index in [0.29, 0.717) is 12.0 Å². The lowest BCUT2D eigenvalue weighted by Crippen LogP contribution is -2.31. The van der Waals surface area contributed by atoms with Gasteiger partial charge in [0, 0.05) is 5.57 Å². The molecule has 2 fully saturated rings. The van der Waals surface area contributed by atoms with Crippen LogP contribution in [0.5, 0.6) is 0 Å². The standard InChI is InChI=1S/C39H70O5/c1-5-6-7-16-20-30(2)21-19-22-31(3)35-25-27-37(43-35)38-28-26-36(44-38)34(40)24-18-15-13-11-9-8-10-12-14-17-23-33-29-32(4)42-39(33)41/h29-32,34-38,40H,5-28H2,1-4H3/t30-,31-,32-,34+,35+,36+,37+,38-/m1/s1. The van der Waals surface area contributed by atoms with Crippen LogP contribution >= 0.6 is 0 Å². The Morgan fingerprint density at radius 1 is 0.705 bits per heavy atom. The maximum absolute atomic E-state index is 11.6. The molecule has 3 aliphatic heterocycles. The van der Waals surface area contributed by atoms with Crippen LogP contribution in [0, 0.1) is 11.8 Å². The molecule has 5 nitrogen and oxygen atoms in total. The van der Waals surface area contributed by atoms with Gasteiger partial charge in [-0.3, -0.25) is 0 Å². The minimum atomic E-state index is -0.329. The Balaban J connectivity index is 1.13. The Bertz CT molecular complexity index is 795. The molecule has 0 aliphatic carbocycles. The summed E-state index contributed by atoms with van der Waals surface area (Å²) in [7, 11) is 0. The summed E-state index contributed by atoms with van der Waals surface area (Å²) < 4.78 is 18.1. The molecule has 0 bridgehead atoms. The molecule has 0 aromatic rings. The number of carbonyl (C=O) groups is 1. The van der Waals surface area contributed by atoms with Gasteiger partial charge in [-0.1, -0.05) is 124 Å². The Hall–Kier alpha value is -0.910. The lowest BCUT2D eigenvalue weighted by Gasteiger charge is -2.25. The summed E-state index contributed by atoms with van der Waals surface area (Å²) in [5.41, 5.74) is 0.877. The lowest BCUT2D eigenvalue weighted by molar-refractivity contribution is -0.139. The second kappa shape index (κ2) is 21.8. The number of aliphatic hydroxyl groups excluding tert-OH is 1. The molecule has 3 heterocycles. The fourth-order valence-corrected chi connectivity index (χ4v) is 7.75. The molecule has 0 unspecified atom stereocenters. The van der Waals surface area contributed by atoms with Crippen molar-refractivity contribution in [1.82, 2.24) is 0 Å². The van der Waals surface area contributed by atoms with Gasteiger partial charge in [-0.2, -0.15) is 0 Å². The second-order valence-corrected chi connectivity index (χ2v) is 14.9. The number of hydrogen-bond donors (Lipinski definition) is 1. The Kier molecular flexibility index (Phi) is 18.6. The third-order valence-electron chi connectivity index (χ3n) is 10.7. The average molecular weight is 619 g/mol. The van der Waals surface area contributed by atoms with Crippen molar-refractivity contribution >= 4 is 5.97 Å². The maximum atomic E-state index is 11.6. The van der Waals surface area contributed by atoms with Crippen LogP contribution in [-0.2, 0) is 19.0 Å². The van der Waals surface area contributed by atoms with Crippen LogP contribution < -0.4 is 0 Å². The summed E-state index contributed by atoms with van der Waals surface area (Å²) in [5, 5.41) is 10.8. The third-order valence-corrected chi connectivity index (χ3v) is 10.7. The minimum absolute atomic E-state index is 0.00195. The molecule has 44 heavy (non-hydrogen) atoms. The van der Waals surface area contributed by atoms with E-state index in [2.05, 4.69) is 20.8 Å². The van der Waals surface area contributed by atoms with Gasteiger partial charge in [0.1, 0.15) is 6.10 Å². The maximum Gasteiger partial charge on any atom is 0.334 e. The Morgan fingerprint density at radius 3 is 1.89 bits per heavy atom. The van der Waals surface area contributed by atoms with E-state index in [1.165, 1.54) is 109 Å². The molecular formula is C39H70O5. The highest BCUT2D eigenvalue weighted by Gasteiger charge is 2.40. The minimum Gasteiger partial charge on any atom is -0.455 e. The predicted molar refractivity (Wildman–Crippen MR) is 182 cm³/mol. The summed E-state index contributed by atoms with van der Waals surface area (Å²) in [4.78, 5) is 11.6. The van der Waals surface area contributed by atoms with Gasteiger partial charge in [0.25, 0.3) is 0 Å². The molecule has 8 atom stereocenters. The van der Waals surface area contributed by atoms with Gasteiger partial charge in [0.2, 0.25) is 0 Å². The molecule has 256 valence electrons. The van der Waals surface area contributed by atoms with E-state index in [4.69, 9.17) is 14.2 Å². The largest absolute Gasteiger partial charge is 0.455 e. The quantitative estimate of drug-likeness (QED) is 0.0814. The topological polar surface area (TPSA) is 65.0 Å². The van der Waals surface area contributed by atoms with Crippen molar-refractivity contribution in [3.8, 4) is 0 Å².